The van der Waals surface area contributed by atoms with Crippen LogP contribution >= 0.6 is 0 Å². The third-order valence-corrected chi connectivity index (χ3v) is 5.48. The summed E-state index contributed by atoms with van der Waals surface area (Å²) in [7, 11) is 3.51. The van der Waals surface area contributed by atoms with Crippen LogP contribution < -0.4 is 20.3 Å². The van der Waals surface area contributed by atoms with Gasteiger partial charge in [-0.3, -0.25) is 10.1 Å². The molecule has 3 aromatic rings. The molecular weight excluding hydrogens is 390 g/mol. The molecule has 8 nitrogen and oxygen atoms in total. The Labute approximate surface area is 182 Å². The van der Waals surface area contributed by atoms with E-state index < -0.39 is 0 Å². The zero-order chi connectivity index (χ0) is 21.5. The van der Waals surface area contributed by atoms with Gasteiger partial charge in [-0.25, -0.2) is 4.98 Å². The number of ether oxygens (including phenoxy) is 1. The lowest BCUT2D eigenvalue weighted by Gasteiger charge is -2.35. The number of nitrogens with one attached hydrogen (secondary N) is 3. The molecule has 0 radical (unpaired) electrons. The van der Waals surface area contributed by atoms with E-state index in [0.717, 1.165) is 54.6 Å². The van der Waals surface area contributed by atoms with Gasteiger partial charge in [0.1, 0.15) is 12.1 Å². The highest BCUT2D eigenvalue weighted by atomic mass is 16.5. The SMILES string of the molecule is CN=C(NCc1cccc(-c2ncn[nH]2)c1)NC1CCCN(c2cccc(OC)c2)C1. The van der Waals surface area contributed by atoms with E-state index in [2.05, 4.69) is 60.0 Å². The molecule has 0 amide bonds. The van der Waals surface area contributed by atoms with Crippen LogP contribution in [0.15, 0.2) is 59.9 Å². The number of aliphatic imine (C=N–C) groups is 1. The molecule has 0 saturated carbocycles. The molecule has 3 N–H and O–H groups in total. The van der Waals surface area contributed by atoms with Crippen LogP contribution in [-0.2, 0) is 6.54 Å². The summed E-state index contributed by atoms with van der Waals surface area (Å²) in [5, 5.41) is 13.8. The largest absolute Gasteiger partial charge is 0.497 e. The van der Waals surface area contributed by atoms with Gasteiger partial charge in [0.2, 0.25) is 0 Å². The van der Waals surface area contributed by atoms with Gasteiger partial charge < -0.3 is 20.3 Å². The summed E-state index contributed by atoms with van der Waals surface area (Å²) in [6.45, 7) is 2.65. The molecule has 4 rings (SSSR count). The van der Waals surface area contributed by atoms with Gasteiger partial charge in [0.05, 0.1) is 7.11 Å². The Hall–Kier alpha value is -3.55. The van der Waals surface area contributed by atoms with Crippen molar-refractivity contribution in [1.82, 2.24) is 25.8 Å². The average molecular weight is 420 g/mol. The van der Waals surface area contributed by atoms with E-state index in [0.29, 0.717) is 12.6 Å². The number of aromatic amines is 1. The number of nitrogens with zero attached hydrogens (tertiary/aromatic N) is 4. The maximum atomic E-state index is 5.38. The number of benzene rings is 2. The average Bonchev–Trinajstić information content (AvgIpc) is 3.37. The van der Waals surface area contributed by atoms with Gasteiger partial charge in [0.25, 0.3) is 0 Å². The number of piperidine rings is 1. The summed E-state index contributed by atoms with van der Waals surface area (Å²) in [6, 6.07) is 16.8. The molecule has 2 heterocycles. The minimum Gasteiger partial charge on any atom is -0.497 e. The minimum absolute atomic E-state index is 0.326. The maximum Gasteiger partial charge on any atom is 0.191 e. The molecule has 0 aliphatic carbocycles. The molecule has 1 fully saturated rings. The van der Waals surface area contributed by atoms with Crippen LogP contribution in [0.1, 0.15) is 18.4 Å². The van der Waals surface area contributed by atoms with Gasteiger partial charge >= 0.3 is 0 Å². The molecule has 1 atom stereocenters. The van der Waals surface area contributed by atoms with Crippen molar-refractivity contribution in [3.63, 3.8) is 0 Å². The van der Waals surface area contributed by atoms with E-state index in [-0.39, 0.29) is 0 Å². The topological polar surface area (TPSA) is 90.5 Å². The molecule has 1 aliphatic rings. The standard InChI is InChI=1S/C23H29N7O/c1-24-23(25-14-17-6-3-7-18(12-17)22-26-16-27-29-22)28-19-8-5-11-30(15-19)20-9-4-10-21(13-20)31-2/h3-4,6-7,9-10,12-13,16,19H,5,8,11,14-15H2,1-2H3,(H2,24,25,28)(H,26,27,29). The van der Waals surface area contributed by atoms with E-state index in [1.807, 2.05) is 31.3 Å². The smallest absolute Gasteiger partial charge is 0.191 e. The monoisotopic (exact) mass is 419 g/mol. The van der Waals surface area contributed by atoms with Crippen LogP contribution in [0.5, 0.6) is 5.75 Å². The van der Waals surface area contributed by atoms with Crippen molar-refractivity contribution >= 4 is 11.6 Å². The van der Waals surface area contributed by atoms with Crippen molar-refractivity contribution in [1.29, 1.82) is 0 Å². The molecule has 1 saturated heterocycles. The lowest BCUT2D eigenvalue weighted by Crippen LogP contribution is -2.51. The minimum atomic E-state index is 0.326. The number of methoxy groups -OCH3 is 1. The first kappa shape index (κ1) is 20.7. The number of hydrogen-bond donors (Lipinski definition) is 3. The molecule has 2 aromatic carbocycles. The van der Waals surface area contributed by atoms with Crippen LogP contribution in [0.25, 0.3) is 11.4 Å². The van der Waals surface area contributed by atoms with E-state index in [1.54, 1.807) is 7.11 Å². The Morgan fingerprint density at radius 1 is 1.26 bits per heavy atom. The van der Waals surface area contributed by atoms with E-state index in [1.165, 1.54) is 12.0 Å². The fourth-order valence-electron chi connectivity index (χ4n) is 3.88. The van der Waals surface area contributed by atoms with Crippen molar-refractivity contribution in [3.8, 4) is 17.1 Å². The molecule has 8 heteroatoms. The molecule has 1 aromatic heterocycles. The predicted octanol–water partition coefficient (Wildman–Crippen LogP) is 2.81. The number of hydrogen-bond acceptors (Lipinski definition) is 5. The Bertz CT molecular complexity index is 1000. The lowest BCUT2D eigenvalue weighted by molar-refractivity contribution is 0.414. The molecule has 1 aliphatic heterocycles. The van der Waals surface area contributed by atoms with Crippen molar-refractivity contribution in [2.75, 3.05) is 32.1 Å². The van der Waals surface area contributed by atoms with Gasteiger partial charge in [-0.1, -0.05) is 24.3 Å². The number of guanidine groups is 1. The molecular formula is C23H29N7O. The Morgan fingerprint density at radius 3 is 2.97 bits per heavy atom. The summed E-state index contributed by atoms with van der Waals surface area (Å²) < 4.78 is 5.38. The van der Waals surface area contributed by atoms with E-state index in [4.69, 9.17) is 4.74 Å². The van der Waals surface area contributed by atoms with Crippen molar-refractivity contribution in [3.05, 3.63) is 60.4 Å². The van der Waals surface area contributed by atoms with Gasteiger partial charge in [0, 0.05) is 50.0 Å². The zero-order valence-electron chi connectivity index (χ0n) is 18.0. The van der Waals surface area contributed by atoms with Crippen molar-refractivity contribution < 1.29 is 4.74 Å². The Morgan fingerprint density at radius 2 is 2.16 bits per heavy atom. The normalized spacial score (nSPS) is 16.8. The fraction of sp³-hybridized carbons (Fsp3) is 0.348. The number of rotatable bonds is 6. The zero-order valence-corrected chi connectivity index (χ0v) is 18.0. The molecule has 31 heavy (non-hydrogen) atoms. The quantitative estimate of drug-likeness (QED) is 0.420. The van der Waals surface area contributed by atoms with Gasteiger partial charge in [-0.15, -0.1) is 0 Å². The van der Waals surface area contributed by atoms with Gasteiger partial charge in [0.15, 0.2) is 11.8 Å². The first-order chi connectivity index (χ1) is 15.2. The second-order valence-corrected chi connectivity index (χ2v) is 7.59. The van der Waals surface area contributed by atoms with Crippen molar-refractivity contribution in [2.45, 2.75) is 25.4 Å². The van der Waals surface area contributed by atoms with E-state index >= 15 is 0 Å². The van der Waals surface area contributed by atoms with Crippen LogP contribution in [0, 0.1) is 0 Å². The number of H-pyrrole nitrogens is 1. The lowest BCUT2D eigenvalue weighted by atomic mass is 10.0. The van der Waals surface area contributed by atoms with Gasteiger partial charge in [-0.05, 0) is 36.6 Å². The third-order valence-electron chi connectivity index (χ3n) is 5.48. The summed E-state index contributed by atoms with van der Waals surface area (Å²) in [4.78, 5) is 11.0. The highest BCUT2D eigenvalue weighted by molar-refractivity contribution is 5.80. The molecule has 1 unspecified atom stereocenters. The second kappa shape index (κ2) is 9.97. The Balaban J connectivity index is 1.34. The van der Waals surface area contributed by atoms with Crippen LogP contribution in [0.2, 0.25) is 0 Å². The molecule has 0 bridgehead atoms. The molecule has 0 spiro atoms. The van der Waals surface area contributed by atoms with Crippen LogP contribution in [0.3, 0.4) is 0 Å². The van der Waals surface area contributed by atoms with Crippen molar-refractivity contribution in [2.24, 2.45) is 4.99 Å². The van der Waals surface area contributed by atoms with Crippen LogP contribution in [-0.4, -0.2) is 54.4 Å². The summed E-state index contributed by atoms with van der Waals surface area (Å²) in [6.07, 6.45) is 3.76. The predicted molar refractivity (Wildman–Crippen MR) is 123 cm³/mol. The number of aromatic nitrogens is 3. The Kier molecular flexibility index (Phi) is 6.66. The molecule has 162 valence electrons. The summed E-state index contributed by atoms with van der Waals surface area (Å²) in [5.74, 6) is 2.46. The first-order valence-corrected chi connectivity index (χ1v) is 10.6. The fourth-order valence-corrected chi connectivity index (χ4v) is 3.88. The highest BCUT2D eigenvalue weighted by Gasteiger charge is 2.21. The maximum absolute atomic E-state index is 5.38. The first-order valence-electron chi connectivity index (χ1n) is 10.6. The summed E-state index contributed by atoms with van der Waals surface area (Å²) in [5.41, 5.74) is 3.36. The summed E-state index contributed by atoms with van der Waals surface area (Å²) >= 11 is 0. The highest BCUT2D eigenvalue weighted by Crippen LogP contribution is 2.24. The van der Waals surface area contributed by atoms with Crippen LogP contribution in [0.4, 0.5) is 5.69 Å². The van der Waals surface area contributed by atoms with E-state index in [9.17, 15) is 0 Å². The third kappa shape index (κ3) is 5.33. The number of anilines is 1. The van der Waals surface area contributed by atoms with Gasteiger partial charge in [-0.2, -0.15) is 5.10 Å². The second-order valence-electron chi connectivity index (χ2n) is 7.59.